The molecule has 0 unspecified atom stereocenters. The highest BCUT2D eigenvalue weighted by Gasteiger charge is 2.10. The molecule has 17 heavy (non-hydrogen) atoms. The van der Waals surface area contributed by atoms with E-state index in [9.17, 15) is 0 Å². The Morgan fingerprint density at radius 1 is 0.824 bits per heavy atom. The summed E-state index contributed by atoms with van der Waals surface area (Å²) in [5.74, 6) is 1.79. The maximum atomic E-state index is 5.55. The summed E-state index contributed by atoms with van der Waals surface area (Å²) in [6.07, 6.45) is 3.24. The first-order valence-electron chi connectivity index (χ1n) is 5.01. The first-order valence-corrected chi connectivity index (χ1v) is 5.01. The van der Waals surface area contributed by atoms with Gasteiger partial charge in [-0.2, -0.15) is 0 Å². The quantitative estimate of drug-likeness (QED) is 0.809. The fraction of sp³-hybridized carbons (Fsp3) is 0.167. The number of aromatic nitrogens is 2. The van der Waals surface area contributed by atoms with E-state index in [-0.39, 0.29) is 0 Å². The molecule has 0 fully saturated rings. The molecule has 0 atom stereocenters. The minimum Gasteiger partial charge on any atom is -0.491 e. The molecule has 0 radical (unpaired) electrons. The van der Waals surface area contributed by atoms with Crippen LogP contribution in [0.2, 0.25) is 0 Å². The summed E-state index contributed by atoms with van der Waals surface area (Å²) in [5, 5.41) is 0. The first-order chi connectivity index (χ1) is 8.35. The molecule has 0 aliphatic heterocycles. The topological polar surface area (TPSA) is 53.5 Å². The summed E-state index contributed by atoms with van der Waals surface area (Å²) in [6, 6.07) is 7.05. The van der Waals surface area contributed by atoms with E-state index in [0.717, 1.165) is 0 Å². The molecule has 2 aromatic rings. The number of rotatable bonds is 4. The van der Waals surface area contributed by atoms with Gasteiger partial charge in [0.15, 0.2) is 11.5 Å². The minimum atomic E-state index is 0.354. The van der Waals surface area contributed by atoms with Crippen LogP contribution in [-0.4, -0.2) is 24.2 Å². The second-order valence-corrected chi connectivity index (χ2v) is 3.12. The van der Waals surface area contributed by atoms with Crippen molar-refractivity contribution in [2.45, 2.75) is 0 Å². The van der Waals surface area contributed by atoms with Gasteiger partial charge in [0, 0.05) is 12.4 Å². The molecule has 5 heteroatoms. The van der Waals surface area contributed by atoms with Crippen molar-refractivity contribution in [3.63, 3.8) is 0 Å². The van der Waals surface area contributed by atoms with E-state index in [0.29, 0.717) is 23.3 Å². The Hall–Kier alpha value is -2.30. The Morgan fingerprint density at radius 3 is 1.71 bits per heavy atom. The highest BCUT2D eigenvalue weighted by Crippen LogP contribution is 2.32. The summed E-state index contributed by atoms with van der Waals surface area (Å²) < 4.78 is 15.8. The lowest BCUT2D eigenvalue weighted by Gasteiger charge is -2.09. The monoisotopic (exact) mass is 232 g/mol. The molecule has 2 heterocycles. The van der Waals surface area contributed by atoms with E-state index in [4.69, 9.17) is 14.2 Å². The number of methoxy groups -OCH3 is 2. The van der Waals surface area contributed by atoms with Crippen LogP contribution in [0.15, 0.2) is 36.7 Å². The molecular formula is C12H12N2O3. The van der Waals surface area contributed by atoms with Gasteiger partial charge in [0.25, 0.3) is 11.8 Å². The van der Waals surface area contributed by atoms with E-state index >= 15 is 0 Å². The molecule has 2 aromatic heterocycles. The Kier molecular flexibility index (Phi) is 3.40. The average molecular weight is 232 g/mol. The predicted molar refractivity (Wildman–Crippen MR) is 61.7 cm³/mol. The second-order valence-electron chi connectivity index (χ2n) is 3.12. The Labute approximate surface area is 99.0 Å². The molecule has 0 N–H and O–H groups in total. The zero-order chi connectivity index (χ0) is 12.1. The maximum Gasteiger partial charge on any atom is 0.264 e. The number of nitrogens with zero attached hydrogens (tertiary/aromatic N) is 2. The largest absolute Gasteiger partial charge is 0.491 e. The Bertz CT molecular complexity index is 457. The summed E-state index contributed by atoms with van der Waals surface area (Å²) in [7, 11) is 3.11. The van der Waals surface area contributed by atoms with Gasteiger partial charge in [-0.25, -0.2) is 9.97 Å². The van der Waals surface area contributed by atoms with Crippen LogP contribution >= 0.6 is 0 Å². The van der Waals surface area contributed by atoms with E-state index < -0.39 is 0 Å². The van der Waals surface area contributed by atoms with Gasteiger partial charge in [-0.15, -0.1) is 0 Å². The van der Waals surface area contributed by atoms with Crippen LogP contribution in [0.5, 0.6) is 23.3 Å². The van der Waals surface area contributed by atoms with Crippen LogP contribution in [0.4, 0.5) is 0 Å². The van der Waals surface area contributed by atoms with Gasteiger partial charge in [-0.1, -0.05) is 0 Å². The van der Waals surface area contributed by atoms with Gasteiger partial charge in [0.2, 0.25) is 0 Å². The molecule has 88 valence electrons. The molecule has 0 aliphatic carbocycles. The summed E-state index contributed by atoms with van der Waals surface area (Å²) in [4.78, 5) is 8.15. The van der Waals surface area contributed by atoms with Crippen LogP contribution in [0, 0.1) is 0 Å². The summed E-state index contributed by atoms with van der Waals surface area (Å²) >= 11 is 0. The lowest BCUT2D eigenvalue weighted by Crippen LogP contribution is -1.96. The highest BCUT2D eigenvalue weighted by atomic mass is 16.5. The van der Waals surface area contributed by atoms with E-state index in [2.05, 4.69) is 9.97 Å². The molecule has 0 saturated carbocycles. The third-order valence-corrected chi connectivity index (χ3v) is 2.11. The van der Waals surface area contributed by atoms with Crippen molar-refractivity contribution in [2.24, 2.45) is 0 Å². The van der Waals surface area contributed by atoms with Gasteiger partial charge in [0.05, 0.1) is 14.2 Å². The van der Waals surface area contributed by atoms with E-state index in [1.165, 1.54) is 0 Å². The van der Waals surface area contributed by atoms with Gasteiger partial charge < -0.3 is 14.2 Å². The number of hydrogen-bond acceptors (Lipinski definition) is 5. The normalized spacial score (nSPS) is 9.76. The lowest BCUT2D eigenvalue weighted by atomic mass is 10.4. The number of ether oxygens (including phenoxy) is 3. The first kappa shape index (κ1) is 11.2. The van der Waals surface area contributed by atoms with E-state index in [1.807, 2.05) is 0 Å². The number of hydrogen-bond donors (Lipinski definition) is 0. The molecule has 0 bridgehead atoms. The third kappa shape index (κ3) is 2.44. The fourth-order valence-corrected chi connectivity index (χ4v) is 1.31. The summed E-state index contributed by atoms with van der Waals surface area (Å²) in [5.41, 5.74) is 0. The van der Waals surface area contributed by atoms with Crippen molar-refractivity contribution >= 4 is 0 Å². The molecule has 0 amide bonds. The van der Waals surface area contributed by atoms with Crippen LogP contribution < -0.4 is 14.2 Å². The van der Waals surface area contributed by atoms with Crippen LogP contribution in [0.25, 0.3) is 0 Å². The molecule has 2 rings (SSSR count). The SMILES string of the molecule is COc1cccnc1Oc1ncccc1OC. The molecular weight excluding hydrogens is 220 g/mol. The highest BCUT2D eigenvalue weighted by molar-refractivity contribution is 5.39. The molecule has 0 saturated heterocycles. The fourth-order valence-electron chi connectivity index (χ4n) is 1.31. The predicted octanol–water partition coefficient (Wildman–Crippen LogP) is 2.29. The van der Waals surface area contributed by atoms with Gasteiger partial charge in [-0.3, -0.25) is 0 Å². The minimum absolute atomic E-state index is 0.354. The average Bonchev–Trinajstić information content (AvgIpc) is 2.40. The van der Waals surface area contributed by atoms with Crippen molar-refractivity contribution in [1.29, 1.82) is 0 Å². The van der Waals surface area contributed by atoms with Gasteiger partial charge in [0.1, 0.15) is 0 Å². The van der Waals surface area contributed by atoms with Crippen molar-refractivity contribution < 1.29 is 14.2 Å². The second kappa shape index (κ2) is 5.16. The Balaban J connectivity index is 2.31. The van der Waals surface area contributed by atoms with Gasteiger partial charge in [-0.05, 0) is 24.3 Å². The molecule has 5 nitrogen and oxygen atoms in total. The van der Waals surface area contributed by atoms with Crippen molar-refractivity contribution in [1.82, 2.24) is 9.97 Å². The maximum absolute atomic E-state index is 5.55. The molecule has 0 aliphatic rings. The van der Waals surface area contributed by atoms with Crippen molar-refractivity contribution in [3.05, 3.63) is 36.7 Å². The molecule has 0 aromatic carbocycles. The zero-order valence-electron chi connectivity index (χ0n) is 9.58. The number of pyridine rings is 2. The van der Waals surface area contributed by atoms with Crippen LogP contribution in [0.3, 0.4) is 0 Å². The van der Waals surface area contributed by atoms with Crippen molar-refractivity contribution in [3.8, 4) is 23.3 Å². The molecule has 0 spiro atoms. The third-order valence-electron chi connectivity index (χ3n) is 2.11. The summed E-state index contributed by atoms with van der Waals surface area (Å²) in [6.45, 7) is 0. The standard InChI is InChI=1S/C12H12N2O3/c1-15-9-5-3-7-13-11(9)17-12-10(16-2)6-4-8-14-12/h3-8H,1-2H3. The van der Waals surface area contributed by atoms with Crippen molar-refractivity contribution in [2.75, 3.05) is 14.2 Å². The smallest absolute Gasteiger partial charge is 0.264 e. The van der Waals surface area contributed by atoms with Crippen LogP contribution in [-0.2, 0) is 0 Å². The van der Waals surface area contributed by atoms with Crippen LogP contribution in [0.1, 0.15) is 0 Å². The van der Waals surface area contributed by atoms with Gasteiger partial charge >= 0.3 is 0 Å². The zero-order valence-corrected chi connectivity index (χ0v) is 9.58. The van der Waals surface area contributed by atoms with E-state index in [1.54, 1.807) is 50.9 Å². The lowest BCUT2D eigenvalue weighted by molar-refractivity contribution is 0.340. The Morgan fingerprint density at radius 2 is 1.29 bits per heavy atom.